The van der Waals surface area contributed by atoms with Gasteiger partial charge in [0.2, 0.25) is 11.7 Å². The highest BCUT2D eigenvalue weighted by Gasteiger charge is 2.53. The van der Waals surface area contributed by atoms with Crippen LogP contribution in [0.15, 0.2) is 18.2 Å². The quantitative estimate of drug-likeness (QED) is 0.634. The molecule has 3 rings (SSSR count). The fourth-order valence-corrected chi connectivity index (χ4v) is 2.85. The number of ether oxygens (including phenoxy) is 2. The van der Waals surface area contributed by atoms with Crippen molar-refractivity contribution >= 4 is 40.8 Å². The molecule has 2 fully saturated rings. The van der Waals surface area contributed by atoms with Gasteiger partial charge in [0.1, 0.15) is 0 Å². The van der Waals surface area contributed by atoms with E-state index in [1.54, 1.807) is 6.07 Å². The Morgan fingerprint density at radius 1 is 1.36 bits per heavy atom. The SMILES string of the molecule is O=C(Nc1ccc(Cl)cc1Cl)C1C(=O)OC2(CCC2)OC1O. The third-order valence-electron chi connectivity index (χ3n) is 3.75. The van der Waals surface area contributed by atoms with Gasteiger partial charge in [-0.2, -0.15) is 0 Å². The number of aliphatic hydroxyl groups excluding tert-OH is 1. The zero-order chi connectivity index (χ0) is 15.9. The molecule has 1 spiro atoms. The fourth-order valence-electron chi connectivity index (χ4n) is 2.40. The fraction of sp³-hybridized carbons (Fsp3) is 0.429. The molecule has 1 aromatic rings. The Hall–Kier alpha value is -1.34. The molecule has 1 heterocycles. The van der Waals surface area contributed by atoms with Gasteiger partial charge >= 0.3 is 5.97 Å². The molecule has 1 saturated heterocycles. The summed E-state index contributed by atoms with van der Waals surface area (Å²) in [5.74, 6) is -4.08. The number of nitrogens with one attached hydrogen (secondary N) is 1. The lowest BCUT2D eigenvalue weighted by Crippen LogP contribution is -2.58. The molecule has 1 aromatic carbocycles. The van der Waals surface area contributed by atoms with Crippen molar-refractivity contribution in [3.05, 3.63) is 28.2 Å². The molecular formula is C14H13Cl2NO5. The summed E-state index contributed by atoms with van der Waals surface area (Å²) in [6, 6.07) is 4.49. The molecule has 1 amide bonds. The van der Waals surface area contributed by atoms with Gasteiger partial charge in [-0.05, 0) is 24.6 Å². The molecule has 1 aliphatic heterocycles. The minimum atomic E-state index is -1.55. The van der Waals surface area contributed by atoms with Crippen LogP contribution in [0.25, 0.3) is 0 Å². The van der Waals surface area contributed by atoms with Crippen molar-refractivity contribution in [2.24, 2.45) is 5.92 Å². The first kappa shape index (κ1) is 15.6. The number of rotatable bonds is 2. The average molecular weight is 346 g/mol. The van der Waals surface area contributed by atoms with E-state index >= 15 is 0 Å². The average Bonchev–Trinajstić information content (AvgIpc) is 2.39. The van der Waals surface area contributed by atoms with Gasteiger partial charge in [0.05, 0.1) is 10.7 Å². The van der Waals surface area contributed by atoms with Gasteiger partial charge in [0.25, 0.3) is 0 Å². The normalized spacial score (nSPS) is 26.2. The van der Waals surface area contributed by atoms with Crippen molar-refractivity contribution in [3.8, 4) is 0 Å². The molecule has 2 unspecified atom stereocenters. The molecule has 6 nitrogen and oxygen atoms in total. The zero-order valence-corrected chi connectivity index (χ0v) is 12.9. The molecule has 22 heavy (non-hydrogen) atoms. The van der Waals surface area contributed by atoms with Crippen LogP contribution in [0.1, 0.15) is 19.3 Å². The van der Waals surface area contributed by atoms with E-state index in [9.17, 15) is 14.7 Å². The standard InChI is InChI=1S/C14H13Cl2NO5/c15-7-2-3-9(8(16)6-7)17-11(18)10-12(19)21-14(4-1-5-14)22-13(10)20/h2-3,6,10,12,19H,1,4-5H2,(H,17,18). The van der Waals surface area contributed by atoms with Gasteiger partial charge in [0.15, 0.2) is 12.2 Å². The summed E-state index contributed by atoms with van der Waals surface area (Å²) in [6.07, 6.45) is 0.338. The molecule has 2 atom stereocenters. The Morgan fingerprint density at radius 3 is 2.64 bits per heavy atom. The highest BCUT2D eigenvalue weighted by Crippen LogP contribution is 2.42. The number of carbonyl (C=O) groups is 2. The number of halogens is 2. The lowest BCUT2D eigenvalue weighted by atomic mass is 9.89. The van der Waals surface area contributed by atoms with Crippen LogP contribution in [0.5, 0.6) is 0 Å². The summed E-state index contributed by atoms with van der Waals surface area (Å²) in [5, 5.41) is 13.1. The van der Waals surface area contributed by atoms with Crippen LogP contribution in [0.2, 0.25) is 10.0 Å². The first-order valence-electron chi connectivity index (χ1n) is 6.75. The number of aliphatic hydroxyl groups is 1. The van der Waals surface area contributed by atoms with Crippen LogP contribution >= 0.6 is 23.2 Å². The van der Waals surface area contributed by atoms with Gasteiger partial charge in [-0.25, -0.2) is 0 Å². The number of esters is 1. The maximum absolute atomic E-state index is 12.2. The smallest absolute Gasteiger partial charge is 0.326 e. The second-order valence-electron chi connectivity index (χ2n) is 5.28. The van der Waals surface area contributed by atoms with Crippen LogP contribution in [0, 0.1) is 5.92 Å². The lowest BCUT2D eigenvalue weighted by Gasteiger charge is -2.46. The molecular weight excluding hydrogens is 333 g/mol. The summed E-state index contributed by atoms with van der Waals surface area (Å²) in [7, 11) is 0. The predicted molar refractivity (Wildman–Crippen MR) is 78.3 cm³/mol. The van der Waals surface area contributed by atoms with Crippen molar-refractivity contribution in [3.63, 3.8) is 0 Å². The molecule has 8 heteroatoms. The molecule has 0 bridgehead atoms. The van der Waals surface area contributed by atoms with Crippen molar-refractivity contribution in [2.45, 2.75) is 31.3 Å². The summed E-state index contributed by atoms with van der Waals surface area (Å²) in [6.45, 7) is 0. The molecule has 1 aliphatic carbocycles. The summed E-state index contributed by atoms with van der Waals surface area (Å²) in [4.78, 5) is 24.2. The first-order valence-corrected chi connectivity index (χ1v) is 7.50. The van der Waals surface area contributed by atoms with Gasteiger partial charge in [-0.1, -0.05) is 23.2 Å². The van der Waals surface area contributed by atoms with E-state index in [1.807, 2.05) is 0 Å². The Kier molecular flexibility index (Phi) is 4.03. The highest BCUT2D eigenvalue weighted by molar-refractivity contribution is 6.36. The van der Waals surface area contributed by atoms with Crippen LogP contribution in [-0.2, 0) is 19.1 Å². The Balaban J connectivity index is 1.73. The molecule has 2 aliphatic rings. The van der Waals surface area contributed by atoms with E-state index in [4.69, 9.17) is 32.7 Å². The monoisotopic (exact) mass is 345 g/mol. The van der Waals surface area contributed by atoms with Gasteiger partial charge in [-0.3, -0.25) is 9.59 Å². The van der Waals surface area contributed by atoms with Crippen molar-refractivity contribution in [2.75, 3.05) is 5.32 Å². The Labute approximate surface area is 136 Å². The van der Waals surface area contributed by atoms with E-state index in [0.717, 1.165) is 6.42 Å². The summed E-state index contributed by atoms with van der Waals surface area (Å²) < 4.78 is 10.5. The second-order valence-corrected chi connectivity index (χ2v) is 6.13. The first-order chi connectivity index (χ1) is 10.4. The maximum Gasteiger partial charge on any atom is 0.326 e. The van der Waals surface area contributed by atoms with E-state index in [-0.39, 0.29) is 10.7 Å². The van der Waals surface area contributed by atoms with Crippen LogP contribution in [0.4, 0.5) is 5.69 Å². The van der Waals surface area contributed by atoms with Crippen LogP contribution < -0.4 is 5.32 Å². The number of carbonyl (C=O) groups excluding carboxylic acids is 2. The molecule has 1 saturated carbocycles. The number of hydrogen-bond donors (Lipinski definition) is 2. The molecule has 0 radical (unpaired) electrons. The van der Waals surface area contributed by atoms with Gasteiger partial charge in [0, 0.05) is 17.9 Å². The number of benzene rings is 1. The largest absolute Gasteiger partial charge is 0.432 e. The highest BCUT2D eigenvalue weighted by atomic mass is 35.5. The second kappa shape index (κ2) is 5.70. The maximum atomic E-state index is 12.2. The topological polar surface area (TPSA) is 84.9 Å². The third-order valence-corrected chi connectivity index (χ3v) is 4.30. The van der Waals surface area contributed by atoms with E-state index in [1.165, 1.54) is 12.1 Å². The van der Waals surface area contributed by atoms with Crippen LogP contribution in [0.3, 0.4) is 0 Å². The number of hydrogen-bond acceptors (Lipinski definition) is 5. The lowest BCUT2D eigenvalue weighted by molar-refractivity contribution is -0.348. The number of amides is 1. The van der Waals surface area contributed by atoms with E-state index in [0.29, 0.717) is 17.9 Å². The number of anilines is 1. The molecule has 2 N–H and O–H groups in total. The summed E-state index contributed by atoms with van der Waals surface area (Å²) in [5.41, 5.74) is 0.278. The predicted octanol–water partition coefficient (Wildman–Crippen LogP) is 2.32. The van der Waals surface area contributed by atoms with Crippen molar-refractivity contribution < 1.29 is 24.2 Å². The van der Waals surface area contributed by atoms with Crippen LogP contribution in [-0.4, -0.2) is 29.1 Å². The van der Waals surface area contributed by atoms with Gasteiger partial charge in [-0.15, -0.1) is 0 Å². The third kappa shape index (κ3) is 2.79. The van der Waals surface area contributed by atoms with Crippen molar-refractivity contribution in [1.29, 1.82) is 0 Å². The minimum absolute atomic E-state index is 0.218. The zero-order valence-electron chi connectivity index (χ0n) is 11.3. The Bertz CT molecular complexity index is 632. The van der Waals surface area contributed by atoms with Gasteiger partial charge < -0.3 is 19.9 Å². The summed E-state index contributed by atoms with van der Waals surface area (Å²) >= 11 is 11.7. The van der Waals surface area contributed by atoms with Crippen molar-refractivity contribution in [1.82, 2.24) is 0 Å². The molecule has 0 aromatic heterocycles. The van der Waals surface area contributed by atoms with E-state index < -0.39 is 29.9 Å². The Morgan fingerprint density at radius 2 is 2.09 bits per heavy atom. The van der Waals surface area contributed by atoms with E-state index in [2.05, 4.69) is 5.32 Å². The minimum Gasteiger partial charge on any atom is -0.432 e. The molecule has 118 valence electrons.